The summed E-state index contributed by atoms with van der Waals surface area (Å²) in [4.78, 5) is 4.77. The number of aliphatic imine (C=N–C) groups is 1. The van der Waals surface area contributed by atoms with Crippen LogP contribution in [-0.2, 0) is 17.6 Å². The van der Waals surface area contributed by atoms with Crippen LogP contribution in [0.1, 0.15) is 62.3 Å². The fourth-order valence-electron chi connectivity index (χ4n) is 3.73. The molecule has 1 aromatic rings. The third kappa shape index (κ3) is 6.79. The molecule has 0 aromatic heterocycles. The summed E-state index contributed by atoms with van der Waals surface area (Å²) in [5, 5.41) is 6.95. The fourth-order valence-corrected chi connectivity index (χ4v) is 3.73. The van der Waals surface area contributed by atoms with Crippen molar-refractivity contribution in [1.82, 2.24) is 10.6 Å². The van der Waals surface area contributed by atoms with E-state index in [4.69, 9.17) is 9.73 Å². The summed E-state index contributed by atoms with van der Waals surface area (Å²) in [7, 11) is 0. The molecule has 4 nitrogen and oxygen atoms in total. The van der Waals surface area contributed by atoms with Gasteiger partial charge in [0.15, 0.2) is 5.96 Å². The molecule has 150 valence electrons. The molecular weight excluding hydrogens is 449 g/mol. The number of nitrogens with one attached hydrogen (secondary N) is 2. The van der Waals surface area contributed by atoms with Gasteiger partial charge in [-0.15, -0.1) is 24.0 Å². The van der Waals surface area contributed by atoms with Crippen LogP contribution in [0.15, 0.2) is 34.8 Å². The first-order chi connectivity index (χ1) is 12.8. The van der Waals surface area contributed by atoms with Crippen LogP contribution in [0.2, 0.25) is 0 Å². The van der Waals surface area contributed by atoms with E-state index >= 15 is 0 Å². The van der Waals surface area contributed by atoms with Crippen LogP contribution in [0.3, 0.4) is 0 Å². The highest BCUT2D eigenvalue weighted by Crippen LogP contribution is 2.24. The van der Waals surface area contributed by atoms with E-state index in [9.17, 15) is 0 Å². The molecule has 0 fully saturated rings. The molecule has 2 aliphatic rings. The first-order valence-electron chi connectivity index (χ1n) is 10.2. The number of fused-ring (bicyclic) bond motifs is 1. The topological polar surface area (TPSA) is 45.7 Å². The maximum absolute atomic E-state index is 5.37. The largest absolute Gasteiger partial charge is 0.377 e. The molecule has 1 aliphatic carbocycles. The van der Waals surface area contributed by atoms with E-state index in [0.717, 1.165) is 45.1 Å². The van der Waals surface area contributed by atoms with Gasteiger partial charge in [-0.3, -0.25) is 4.99 Å². The Kier molecular flexibility index (Phi) is 9.62. The summed E-state index contributed by atoms with van der Waals surface area (Å²) in [5.41, 5.74) is 5.90. The minimum absolute atomic E-state index is 0. The Morgan fingerprint density at radius 3 is 2.74 bits per heavy atom. The summed E-state index contributed by atoms with van der Waals surface area (Å²) in [5.74, 6) is 0.908. The molecule has 0 saturated carbocycles. The number of nitrogens with zero attached hydrogens (tertiary/aromatic N) is 1. The molecule has 0 saturated heterocycles. The molecule has 1 unspecified atom stereocenters. The zero-order valence-corrected chi connectivity index (χ0v) is 19.1. The molecular formula is C22H34IN3O. The molecule has 1 aromatic carbocycles. The predicted molar refractivity (Wildman–Crippen MR) is 124 cm³/mol. The lowest BCUT2D eigenvalue weighted by Crippen LogP contribution is -2.38. The number of hydrogen-bond acceptors (Lipinski definition) is 2. The van der Waals surface area contributed by atoms with E-state index in [1.54, 1.807) is 0 Å². The maximum atomic E-state index is 5.37. The van der Waals surface area contributed by atoms with Gasteiger partial charge in [0.25, 0.3) is 0 Å². The zero-order chi connectivity index (χ0) is 18.2. The van der Waals surface area contributed by atoms with Gasteiger partial charge >= 0.3 is 0 Å². The summed E-state index contributed by atoms with van der Waals surface area (Å²) >= 11 is 0. The second kappa shape index (κ2) is 11.7. The van der Waals surface area contributed by atoms with E-state index in [-0.39, 0.29) is 30.0 Å². The van der Waals surface area contributed by atoms with Gasteiger partial charge in [0.2, 0.25) is 0 Å². The van der Waals surface area contributed by atoms with Crippen LogP contribution in [0.4, 0.5) is 0 Å². The zero-order valence-electron chi connectivity index (χ0n) is 16.7. The Hall–Kier alpha value is -1.08. The summed E-state index contributed by atoms with van der Waals surface area (Å²) in [6.45, 7) is 7.63. The molecule has 0 bridgehead atoms. The maximum Gasteiger partial charge on any atom is 0.191 e. The third-order valence-corrected chi connectivity index (χ3v) is 5.33. The number of aryl methyl sites for hydroxylation is 2. The van der Waals surface area contributed by atoms with Crippen molar-refractivity contribution >= 4 is 29.9 Å². The minimum Gasteiger partial charge on any atom is -0.377 e. The van der Waals surface area contributed by atoms with Crippen molar-refractivity contribution in [2.24, 2.45) is 4.99 Å². The Labute approximate surface area is 181 Å². The number of benzene rings is 1. The van der Waals surface area contributed by atoms with Crippen LogP contribution < -0.4 is 10.6 Å². The highest BCUT2D eigenvalue weighted by atomic mass is 127. The van der Waals surface area contributed by atoms with Gasteiger partial charge in [0, 0.05) is 13.1 Å². The molecule has 0 spiro atoms. The van der Waals surface area contributed by atoms with E-state index in [1.807, 2.05) is 0 Å². The highest BCUT2D eigenvalue weighted by molar-refractivity contribution is 14.0. The van der Waals surface area contributed by atoms with Crippen molar-refractivity contribution < 1.29 is 4.74 Å². The van der Waals surface area contributed by atoms with Gasteiger partial charge in [-0.25, -0.2) is 0 Å². The third-order valence-electron chi connectivity index (χ3n) is 5.33. The first kappa shape index (κ1) is 22.2. The lowest BCUT2D eigenvalue weighted by atomic mass is 9.89. The van der Waals surface area contributed by atoms with Crippen LogP contribution in [0.5, 0.6) is 0 Å². The number of ether oxygens (including phenoxy) is 1. The molecule has 1 heterocycles. The minimum atomic E-state index is 0. The quantitative estimate of drug-likeness (QED) is 0.271. The van der Waals surface area contributed by atoms with Gasteiger partial charge < -0.3 is 15.4 Å². The highest BCUT2D eigenvalue weighted by Gasteiger charge is 2.13. The summed E-state index contributed by atoms with van der Waals surface area (Å²) in [6, 6.07) is 7.24. The number of hydrogen-bond donors (Lipinski definition) is 2. The number of rotatable bonds is 6. The molecule has 0 amide bonds. The van der Waals surface area contributed by atoms with Gasteiger partial charge in [-0.05, 0) is 69.1 Å². The fraction of sp³-hybridized carbons (Fsp3) is 0.591. The molecule has 1 atom stereocenters. The summed E-state index contributed by atoms with van der Waals surface area (Å²) < 4.78 is 5.37. The molecule has 5 heteroatoms. The average Bonchev–Trinajstić information content (AvgIpc) is 2.68. The van der Waals surface area contributed by atoms with Crippen molar-refractivity contribution in [3.8, 4) is 0 Å². The lowest BCUT2D eigenvalue weighted by Gasteiger charge is -2.22. The van der Waals surface area contributed by atoms with Crippen LogP contribution >= 0.6 is 24.0 Å². The molecule has 27 heavy (non-hydrogen) atoms. The van der Waals surface area contributed by atoms with Crippen LogP contribution in [-0.4, -0.2) is 32.3 Å². The molecule has 1 aliphatic heterocycles. The Bertz CT molecular complexity index is 657. The van der Waals surface area contributed by atoms with E-state index < -0.39 is 0 Å². The Morgan fingerprint density at radius 1 is 1.19 bits per heavy atom. The van der Waals surface area contributed by atoms with E-state index in [0.29, 0.717) is 0 Å². The molecule has 2 N–H and O–H groups in total. The van der Waals surface area contributed by atoms with Gasteiger partial charge in [0.05, 0.1) is 19.3 Å². The van der Waals surface area contributed by atoms with Crippen molar-refractivity contribution in [2.45, 2.75) is 58.4 Å². The monoisotopic (exact) mass is 483 g/mol. The second-order valence-corrected chi connectivity index (χ2v) is 7.30. The SMILES string of the molecule is CCNC(=NCCC1=CCOCC1)NC(C)c1ccc2c(c1)CCCC2.I. The smallest absolute Gasteiger partial charge is 0.191 e. The van der Waals surface area contributed by atoms with Crippen LogP contribution in [0, 0.1) is 0 Å². The predicted octanol–water partition coefficient (Wildman–Crippen LogP) is 4.54. The number of halogens is 1. The Balaban J connectivity index is 0.00000261. The Morgan fingerprint density at radius 2 is 2.00 bits per heavy atom. The van der Waals surface area contributed by atoms with E-state index in [2.05, 4.69) is 48.8 Å². The molecule has 0 radical (unpaired) electrons. The van der Waals surface area contributed by atoms with Crippen molar-refractivity contribution in [1.29, 1.82) is 0 Å². The van der Waals surface area contributed by atoms with Gasteiger partial charge in [0.1, 0.15) is 0 Å². The normalized spacial score (nSPS) is 18.0. The molecule has 3 rings (SSSR count). The lowest BCUT2D eigenvalue weighted by molar-refractivity contribution is 0.153. The summed E-state index contributed by atoms with van der Waals surface area (Å²) in [6.07, 6.45) is 9.39. The average molecular weight is 483 g/mol. The van der Waals surface area contributed by atoms with Gasteiger partial charge in [-0.2, -0.15) is 0 Å². The van der Waals surface area contributed by atoms with Crippen molar-refractivity contribution in [3.63, 3.8) is 0 Å². The first-order valence-corrected chi connectivity index (χ1v) is 10.2. The van der Waals surface area contributed by atoms with Crippen LogP contribution in [0.25, 0.3) is 0 Å². The van der Waals surface area contributed by atoms with Crippen molar-refractivity contribution in [3.05, 3.63) is 46.5 Å². The van der Waals surface area contributed by atoms with Gasteiger partial charge in [-0.1, -0.05) is 29.8 Å². The standard InChI is InChI=1S/C22H33N3O.HI/c1-3-23-22(24-13-10-18-11-14-26-15-12-18)25-17(2)20-9-8-19-6-4-5-7-21(19)16-20;/h8-9,11,16-17H,3-7,10,12-15H2,1-2H3,(H2,23,24,25);1H. The van der Waals surface area contributed by atoms with Crippen molar-refractivity contribution in [2.75, 3.05) is 26.3 Å². The second-order valence-electron chi connectivity index (χ2n) is 7.30. The van der Waals surface area contributed by atoms with E-state index in [1.165, 1.54) is 47.9 Å². The number of guanidine groups is 1.